The van der Waals surface area contributed by atoms with Crippen molar-refractivity contribution in [1.29, 1.82) is 0 Å². The summed E-state index contributed by atoms with van der Waals surface area (Å²) in [5.74, 6) is -1.48. The maximum absolute atomic E-state index is 12.6. The Morgan fingerprint density at radius 3 is 2.40 bits per heavy atom. The van der Waals surface area contributed by atoms with Gasteiger partial charge < -0.3 is 5.32 Å². The molecule has 1 N–H and O–H groups in total. The first-order chi connectivity index (χ1) is 9.27. The third-order valence-corrected chi connectivity index (χ3v) is 3.18. The van der Waals surface area contributed by atoms with E-state index in [9.17, 15) is 13.2 Å². The Kier molecular flexibility index (Phi) is 4.27. The second kappa shape index (κ2) is 5.63. The third-order valence-electron chi connectivity index (χ3n) is 2.16. The summed E-state index contributed by atoms with van der Waals surface area (Å²) in [6, 6.07) is 5.82. The molecule has 0 aliphatic carbocycles. The van der Waals surface area contributed by atoms with Gasteiger partial charge in [0.2, 0.25) is 5.82 Å². The monoisotopic (exact) mass is 341 g/mol. The van der Waals surface area contributed by atoms with Crippen LogP contribution in [0.25, 0.3) is 0 Å². The first-order valence-corrected chi connectivity index (χ1v) is 6.23. The molecule has 0 saturated carbocycles. The van der Waals surface area contributed by atoms with Crippen LogP contribution in [0.2, 0.25) is 15.2 Å². The van der Waals surface area contributed by atoms with Gasteiger partial charge in [0.15, 0.2) is 0 Å². The van der Waals surface area contributed by atoms with Crippen molar-refractivity contribution >= 4 is 46.3 Å². The largest absolute Gasteiger partial charge is 0.451 e. The van der Waals surface area contributed by atoms with Gasteiger partial charge in [-0.05, 0) is 12.1 Å². The predicted octanol–water partition coefficient (Wildman–Crippen LogP) is 5.20. The van der Waals surface area contributed by atoms with Crippen molar-refractivity contribution in [2.45, 2.75) is 6.18 Å². The number of alkyl halides is 3. The summed E-state index contributed by atoms with van der Waals surface area (Å²) < 4.78 is 37.7. The van der Waals surface area contributed by atoms with Crippen LogP contribution < -0.4 is 5.32 Å². The van der Waals surface area contributed by atoms with E-state index in [4.69, 9.17) is 34.8 Å². The highest BCUT2D eigenvalue weighted by atomic mass is 35.5. The van der Waals surface area contributed by atoms with E-state index < -0.39 is 12.0 Å². The highest BCUT2D eigenvalue weighted by Crippen LogP contribution is 2.33. The first-order valence-electron chi connectivity index (χ1n) is 5.10. The summed E-state index contributed by atoms with van der Waals surface area (Å²) in [6.45, 7) is 0. The number of nitrogens with one attached hydrogen (secondary N) is 1. The van der Waals surface area contributed by atoms with Crippen molar-refractivity contribution < 1.29 is 13.2 Å². The standard InChI is InChI=1S/C11H5Cl3F3N3/c12-5-2-1-3-6(9(5)14)18-8-4-7(13)19-10(20-8)11(15,16)17/h1-4H,(H,18,19,20). The quantitative estimate of drug-likeness (QED) is 0.762. The Morgan fingerprint density at radius 2 is 1.75 bits per heavy atom. The fourth-order valence-corrected chi connectivity index (χ4v) is 1.88. The highest BCUT2D eigenvalue weighted by molar-refractivity contribution is 6.43. The lowest BCUT2D eigenvalue weighted by molar-refractivity contribution is -0.144. The number of aromatic nitrogens is 2. The summed E-state index contributed by atoms with van der Waals surface area (Å²) >= 11 is 17.3. The van der Waals surface area contributed by atoms with Crippen LogP contribution in [-0.4, -0.2) is 9.97 Å². The fourth-order valence-electron chi connectivity index (χ4n) is 1.35. The van der Waals surface area contributed by atoms with E-state index in [1.807, 2.05) is 0 Å². The molecule has 1 aromatic carbocycles. The topological polar surface area (TPSA) is 37.8 Å². The summed E-state index contributed by atoms with van der Waals surface area (Å²) in [6.07, 6.45) is -4.69. The first kappa shape index (κ1) is 15.2. The lowest BCUT2D eigenvalue weighted by atomic mass is 10.3. The fraction of sp³-hybridized carbons (Fsp3) is 0.0909. The maximum atomic E-state index is 12.6. The molecule has 0 aliphatic rings. The van der Waals surface area contributed by atoms with Crippen molar-refractivity contribution in [3.63, 3.8) is 0 Å². The molecule has 0 atom stereocenters. The van der Waals surface area contributed by atoms with Gasteiger partial charge in [-0.2, -0.15) is 13.2 Å². The minimum Gasteiger partial charge on any atom is -0.339 e. The molecule has 0 unspecified atom stereocenters. The van der Waals surface area contributed by atoms with Crippen LogP contribution in [-0.2, 0) is 6.18 Å². The van der Waals surface area contributed by atoms with E-state index in [1.165, 1.54) is 6.07 Å². The zero-order chi connectivity index (χ0) is 14.9. The van der Waals surface area contributed by atoms with Gasteiger partial charge in [-0.3, -0.25) is 0 Å². The van der Waals surface area contributed by atoms with Gasteiger partial charge in [0.05, 0.1) is 15.7 Å². The van der Waals surface area contributed by atoms with Crippen LogP contribution in [0.1, 0.15) is 5.82 Å². The number of nitrogens with zero attached hydrogens (tertiary/aromatic N) is 2. The second-order valence-electron chi connectivity index (χ2n) is 3.62. The molecule has 0 spiro atoms. The Balaban J connectivity index is 2.39. The number of anilines is 2. The van der Waals surface area contributed by atoms with Crippen LogP contribution in [0, 0.1) is 0 Å². The van der Waals surface area contributed by atoms with Crippen LogP contribution in [0.3, 0.4) is 0 Å². The van der Waals surface area contributed by atoms with Gasteiger partial charge in [-0.1, -0.05) is 40.9 Å². The number of benzene rings is 1. The summed E-state index contributed by atoms with van der Waals surface area (Å²) in [5, 5.41) is 2.70. The number of halogens is 6. The Morgan fingerprint density at radius 1 is 1.05 bits per heavy atom. The molecule has 0 bridgehead atoms. The minimum absolute atomic E-state index is 0.138. The van der Waals surface area contributed by atoms with Crippen LogP contribution in [0.15, 0.2) is 24.3 Å². The molecule has 3 nitrogen and oxygen atoms in total. The van der Waals surface area contributed by atoms with Crippen molar-refractivity contribution in [1.82, 2.24) is 9.97 Å². The number of rotatable bonds is 2. The average Bonchev–Trinajstić information content (AvgIpc) is 2.33. The smallest absolute Gasteiger partial charge is 0.339 e. The molecule has 0 radical (unpaired) electrons. The molecule has 1 aromatic heterocycles. The Labute approximate surface area is 126 Å². The second-order valence-corrected chi connectivity index (χ2v) is 4.80. The van der Waals surface area contributed by atoms with Gasteiger partial charge in [0, 0.05) is 6.07 Å². The molecule has 2 rings (SSSR count). The molecule has 0 aliphatic heterocycles. The molecule has 0 saturated heterocycles. The molecular weight excluding hydrogens is 337 g/mol. The van der Waals surface area contributed by atoms with E-state index in [0.29, 0.717) is 5.69 Å². The maximum Gasteiger partial charge on any atom is 0.451 e. The van der Waals surface area contributed by atoms with Gasteiger partial charge in [-0.25, -0.2) is 9.97 Å². The summed E-state index contributed by atoms with van der Waals surface area (Å²) in [5.41, 5.74) is 0.307. The van der Waals surface area contributed by atoms with E-state index in [-0.39, 0.29) is 21.0 Å². The number of hydrogen-bond donors (Lipinski definition) is 1. The van der Waals surface area contributed by atoms with Gasteiger partial charge >= 0.3 is 6.18 Å². The van der Waals surface area contributed by atoms with Crippen molar-refractivity contribution in [2.75, 3.05) is 5.32 Å². The highest BCUT2D eigenvalue weighted by Gasteiger charge is 2.35. The summed E-state index contributed by atoms with van der Waals surface area (Å²) in [4.78, 5) is 6.45. The number of hydrogen-bond acceptors (Lipinski definition) is 3. The molecule has 0 fully saturated rings. The molecule has 2 aromatic rings. The molecule has 20 heavy (non-hydrogen) atoms. The predicted molar refractivity (Wildman–Crippen MR) is 71.8 cm³/mol. The molecule has 0 amide bonds. The Bertz CT molecular complexity index is 647. The normalized spacial score (nSPS) is 11.5. The van der Waals surface area contributed by atoms with Crippen LogP contribution >= 0.6 is 34.8 Å². The van der Waals surface area contributed by atoms with Gasteiger partial charge in [0.25, 0.3) is 0 Å². The van der Waals surface area contributed by atoms with Crippen molar-refractivity contribution in [3.8, 4) is 0 Å². The Hall–Kier alpha value is -1.24. The molecular formula is C11H5Cl3F3N3. The SMILES string of the molecule is FC(F)(F)c1nc(Cl)cc(Nc2cccc(Cl)c2Cl)n1. The molecule has 1 heterocycles. The molecule has 106 valence electrons. The van der Waals surface area contributed by atoms with Gasteiger partial charge in [-0.15, -0.1) is 0 Å². The summed E-state index contributed by atoms with van der Waals surface area (Å²) in [7, 11) is 0. The zero-order valence-electron chi connectivity index (χ0n) is 9.47. The van der Waals surface area contributed by atoms with Crippen molar-refractivity contribution in [2.24, 2.45) is 0 Å². The van der Waals surface area contributed by atoms with E-state index in [0.717, 1.165) is 6.07 Å². The van der Waals surface area contributed by atoms with E-state index >= 15 is 0 Å². The zero-order valence-corrected chi connectivity index (χ0v) is 11.7. The third kappa shape index (κ3) is 3.45. The van der Waals surface area contributed by atoms with Crippen LogP contribution in [0.4, 0.5) is 24.7 Å². The van der Waals surface area contributed by atoms with Gasteiger partial charge in [0.1, 0.15) is 11.0 Å². The molecule has 9 heteroatoms. The van der Waals surface area contributed by atoms with Crippen LogP contribution in [0.5, 0.6) is 0 Å². The minimum atomic E-state index is -4.69. The average molecular weight is 343 g/mol. The van der Waals surface area contributed by atoms with Crippen molar-refractivity contribution in [3.05, 3.63) is 45.3 Å². The van der Waals surface area contributed by atoms with E-state index in [1.54, 1.807) is 12.1 Å². The van der Waals surface area contributed by atoms with E-state index in [2.05, 4.69) is 15.3 Å². The lowest BCUT2D eigenvalue weighted by Gasteiger charge is -2.11. The lowest BCUT2D eigenvalue weighted by Crippen LogP contribution is -2.12.